The molecule has 0 radical (unpaired) electrons. The summed E-state index contributed by atoms with van der Waals surface area (Å²) in [6, 6.07) is 6.08. The molecule has 0 spiro atoms. The lowest BCUT2D eigenvalue weighted by atomic mass is 9.93. The van der Waals surface area contributed by atoms with E-state index in [9.17, 15) is 4.79 Å². The number of nitrogens with zero attached hydrogens (tertiary/aromatic N) is 4. The van der Waals surface area contributed by atoms with Gasteiger partial charge in [-0.05, 0) is 44.6 Å². The zero-order valence-electron chi connectivity index (χ0n) is 15.7. The molecule has 1 saturated carbocycles. The van der Waals surface area contributed by atoms with E-state index in [-0.39, 0.29) is 42.9 Å². The van der Waals surface area contributed by atoms with Gasteiger partial charge < -0.3 is 15.1 Å². The highest BCUT2D eigenvalue weighted by Gasteiger charge is 2.29. The summed E-state index contributed by atoms with van der Waals surface area (Å²) in [5, 5.41) is 16.5. The SMILES string of the molecule is Cl.Cl.N#C[C@@H]1CCCN1C(=O)CNC1CCC(ON=Cc2cccnc2)CC1. The number of carbonyl (C=O) groups excluding carboxylic acids is 1. The molecule has 1 aromatic heterocycles. The predicted molar refractivity (Wildman–Crippen MR) is 112 cm³/mol. The zero-order valence-corrected chi connectivity index (χ0v) is 17.3. The van der Waals surface area contributed by atoms with E-state index in [2.05, 4.69) is 21.5 Å². The first-order valence-electron chi connectivity index (χ1n) is 9.28. The number of hydrogen-bond acceptors (Lipinski definition) is 6. The van der Waals surface area contributed by atoms with Crippen LogP contribution in [0.4, 0.5) is 0 Å². The molecule has 0 unspecified atom stereocenters. The van der Waals surface area contributed by atoms with Gasteiger partial charge in [-0.3, -0.25) is 9.78 Å². The topological polar surface area (TPSA) is 90.6 Å². The number of hydrogen-bond donors (Lipinski definition) is 1. The van der Waals surface area contributed by atoms with Gasteiger partial charge in [0, 0.05) is 30.5 Å². The average molecular weight is 428 g/mol. The Kier molecular flexibility index (Phi) is 10.8. The summed E-state index contributed by atoms with van der Waals surface area (Å²) in [5.74, 6) is 0.0356. The molecule has 1 aliphatic heterocycles. The molecule has 1 aliphatic carbocycles. The van der Waals surface area contributed by atoms with Crippen LogP contribution < -0.4 is 5.32 Å². The van der Waals surface area contributed by atoms with Crippen LogP contribution in [0.3, 0.4) is 0 Å². The lowest BCUT2D eigenvalue weighted by molar-refractivity contribution is -0.130. The quantitative estimate of drug-likeness (QED) is 0.556. The number of pyridine rings is 1. The average Bonchev–Trinajstić information content (AvgIpc) is 3.17. The van der Waals surface area contributed by atoms with Gasteiger partial charge in [-0.25, -0.2) is 0 Å². The zero-order chi connectivity index (χ0) is 18.2. The first-order chi connectivity index (χ1) is 12.8. The second-order valence-electron chi connectivity index (χ2n) is 6.86. The van der Waals surface area contributed by atoms with Crippen molar-refractivity contribution >= 4 is 36.9 Å². The van der Waals surface area contributed by atoms with Crippen molar-refractivity contribution in [2.45, 2.75) is 56.7 Å². The molecule has 3 rings (SSSR count). The number of aromatic nitrogens is 1. The molecule has 2 heterocycles. The summed E-state index contributed by atoms with van der Waals surface area (Å²) < 4.78 is 0. The van der Waals surface area contributed by atoms with E-state index < -0.39 is 0 Å². The molecule has 1 amide bonds. The van der Waals surface area contributed by atoms with Gasteiger partial charge in [0.05, 0.1) is 18.8 Å². The maximum atomic E-state index is 12.3. The molecule has 1 atom stereocenters. The van der Waals surface area contributed by atoms with E-state index in [0.717, 1.165) is 44.1 Å². The van der Waals surface area contributed by atoms with Crippen LogP contribution in [0.1, 0.15) is 44.1 Å². The van der Waals surface area contributed by atoms with Crippen molar-refractivity contribution in [3.05, 3.63) is 30.1 Å². The van der Waals surface area contributed by atoms with E-state index in [1.807, 2.05) is 12.1 Å². The van der Waals surface area contributed by atoms with Crippen LogP contribution in [0.5, 0.6) is 0 Å². The third-order valence-electron chi connectivity index (χ3n) is 5.03. The van der Waals surface area contributed by atoms with Crippen LogP contribution in [-0.2, 0) is 9.63 Å². The van der Waals surface area contributed by atoms with Gasteiger partial charge in [0.15, 0.2) is 0 Å². The molecule has 9 heteroatoms. The van der Waals surface area contributed by atoms with Gasteiger partial charge in [-0.2, -0.15) is 5.26 Å². The van der Waals surface area contributed by atoms with Gasteiger partial charge in [0.2, 0.25) is 5.91 Å². The van der Waals surface area contributed by atoms with Crippen molar-refractivity contribution in [1.29, 1.82) is 5.26 Å². The Bertz CT molecular complexity index is 660. The molecule has 1 aromatic rings. The summed E-state index contributed by atoms with van der Waals surface area (Å²) in [6.45, 7) is 1.02. The van der Waals surface area contributed by atoms with E-state index in [4.69, 9.17) is 10.1 Å². The number of likely N-dealkylation sites (tertiary alicyclic amines) is 1. The molecule has 28 heavy (non-hydrogen) atoms. The molecule has 0 aromatic carbocycles. The largest absolute Gasteiger partial charge is 0.392 e. The van der Waals surface area contributed by atoms with Crippen LogP contribution in [0.15, 0.2) is 29.7 Å². The smallest absolute Gasteiger partial charge is 0.237 e. The maximum Gasteiger partial charge on any atom is 0.237 e. The number of amides is 1. The first kappa shape index (κ1) is 24.2. The van der Waals surface area contributed by atoms with Gasteiger partial charge in [0.1, 0.15) is 12.1 Å². The van der Waals surface area contributed by atoms with Crippen LogP contribution >= 0.6 is 24.8 Å². The number of nitrogens with one attached hydrogen (secondary N) is 1. The highest BCUT2D eigenvalue weighted by atomic mass is 35.5. The summed E-state index contributed by atoms with van der Waals surface area (Å²) in [4.78, 5) is 23.6. The summed E-state index contributed by atoms with van der Waals surface area (Å²) >= 11 is 0. The number of oxime groups is 1. The van der Waals surface area contributed by atoms with Gasteiger partial charge in [0.25, 0.3) is 0 Å². The number of carbonyl (C=O) groups is 1. The fraction of sp³-hybridized carbons (Fsp3) is 0.579. The van der Waals surface area contributed by atoms with Gasteiger partial charge in [-0.1, -0.05) is 11.2 Å². The molecule has 7 nitrogen and oxygen atoms in total. The molecule has 1 N–H and O–H groups in total. The number of rotatable bonds is 6. The lowest BCUT2D eigenvalue weighted by Crippen LogP contribution is -2.44. The summed E-state index contributed by atoms with van der Waals surface area (Å²) in [7, 11) is 0. The Hall–Kier alpha value is -1.88. The van der Waals surface area contributed by atoms with E-state index >= 15 is 0 Å². The Morgan fingerprint density at radius 1 is 1.36 bits per heavy atom. The van der Waals surface area contributed by atoms with Crippen molar-refractivity contribution < 1.29 is 9.63 Å². The Balaban J connectivity index is 0.00000196. The predicted octanol–water partition coefficient (Wildman–Crippen LogP) is 2.69. The molecule has 154 valence electrons. The fourth-order valence-electron chi connectivity index (χ4n) is 3.53. The van der Waals surface area contributed by atoms with Crippen molar-refractivity contribution in [2.24, 2.45) is 5.16 Å². The standard InChI is InChI=1S/C19H25N5O2.2ClH/c20-11-17-4-2-10-24(17)19(25)14-22-16-5-7-18(8-6-16)26-23-13-15-3-1-9-21-12-15;;/h1,3,9,12-13,16-18,22H,2,4-8,10,14H2;2*1H/t16?,17-,18?;;/m0../s1. The second-order valence-corrected chi connectivity index (χ2v) is 6.86. The maximum absolute atomic E-state index is 12.3. The minimum atomic E-state index is -0.244. The van der Waals surface area contributed by atoms with Crippen LogP contribution in [0.2, 0.25) is 0 Å². The molecule has 1 saturated heterocycles. The second kappa shape index (κ2) is 12.6. The summed E-state index contributed by atoms with van der Waals surface area (Å²) in [6.07, 6.45) is 10.7. The lowest BCUT2D eigenvalue weighted by Gasteiger charge is -2.28. The first-order valence-corrected chi connectivity index (χ1v) is 9.28. The van der Waals surface area contributed by atoms with Gasteiger partial charge in [-0.15, -0.1) is 24.8 Å². The van der Waals surface area contributed by atoms with Crippen molar-refractivity contribution in [3.63, 3.8) is 0 Å². The highest BCUT2D eigenvalue weighted by Crippen LogP contribution is 2.22. The third-order valence-corrected chi connectivity index (χ3v) is 5.03. The molecule has 0 bridgehead atoms. The Morgan fingerprint density at radius 3 is 2.82 bits per heavy atom. The molecular weight excluding hydrogens is 401 g/mol. The normalized spacial score (nSPS) is 24.1. The van der Waals surface area contributed by atoms with E-state index in [1.54, 1.807) is 23.5 Å². The van der Waals surface area contributed by atoms with Crippen molar-refractivity contribution in [3.8, 4) is 6.07 Å². The fourth-order valence-corrected chi connectivity index (χ4v) is 3.53. The highest BCUT2D eigenvalue weighted by molar-refractivity contribution is 5.85. The minimum absolute atomic E-state index is 0. The Labute approximate surface area is 178 Å². The molecular formula is C19H27Cl2N5O2. The Morgan fingerprint density at radius 2 is 2.14 bits per heavy atom. The van der Waals surface area contributed by atoms with Crippen LogP contribution in [0.25, 0.3) is 0 Å². The monoisotopic (exact) mass is 427 g/mol. The van der Waals surface area contributed by atoms with Crippen LogP contribution in [-0.4, -0.2) is 53.3 Å². The van der Waals surface area contributed by atoms with Crippen molar-refractivity contribution in [2.75, 3.05) is 13.1 Å². The molecule has 2 aliphatic rings. The number of halogens is 2. The van der Waals surface area contributed by atoms with E-state index in [0.29, 0.717) is 19.1 Å². The summed E-state index contributed by atoms with van der Waals surface area (Å²) in [5.41, 5.74) is 0.916. The third kappa shape index (κ3) is 6.93. The van der Waals surface area contributed by atoms with Crippen LogP contribution in [0, 0.1) is 11.3 Å². The van der Waals surface area contributed by atoms with Crippen molar-refractivity contribution in [1.82, 2.24) is 15.2 Å². The van der Waals surface area contributed by atoms with E-state index in [1.165, 1.54) is 0 Å². The van der Waals surface area contributed by atoms with Gasteiger partial charge >= 0.3 is 0 Å². The molecule has 2 fully saturated rings. The number of nitriles is 1. The minimum Gasteiger partial charge on any atom is -0.392 e.